The molecule has 9 heteroatoms. The number of aliphatic carboxylic acids is 1. The van der Waals surface area contributed by atoms with E-state index in [-0.39, 0.29) is 28.9 Å². The number of rotatable bonds is 6. The van der Waals surface area contributed by atoms with Crippen LogP contribution in [0.25, 0.3) is 0 Å². The van der Waals surface area contributed by atoms with Gasteiger partial charge in [-0.15, -0.1) is 11.8 Å². The number of hydrogen-bond donors (Lipinski definition) is 2. The van der Waals surface area contributed by atoms with Crippen molar-refractivity contribution in [3.05, 3.63) is 47.2 Å². The van der Waals surface area contributed by atoms with Gasteiger partial charge in [0.15, 0.2) is 5.12 Å². The summed E-state index contributed by atoms with van der Waals surface area (Å²) in [5.41, 5.74) is 1.32. The van der Waals surface area contributed by atoms with Gasteiger partial charge in [-0.3, -0.25) is 19.3 Å². The molecule has 27 heavy (non-hydrogen) atoms. The van der Waals surface area contributed by atoms with Crippen molar-refractivity contribution in [2.45, 2.75) is 24.8 Å². The third-order valence-corrected chi connectivity index (χ3v) is 6.46. The average Bonchev–Trinajstić information content (AvgIpc) is 2.64. The highest BCUT2D eigenvalue weighted by molar-refractivity contribution is 8.13. The van der Waals surface area contributed by atoms with E-state index in [2.05, 4.69) is 5.32 Å². The van der Waals surface area contributed by atoms with Crippen LogP contribution in [-0.2, 0) is 25.6 Å². The number of amides is 2. The van der Waals surface area contributed by atoms with Crippen LogP contribution in [0.4, 0.5) is 0 Å². The molecule has 2 heterocycles. The molecule has 2 aliphatic rings. The summed E-state index contributed by atoms with van der Waals surface area (Å²) in [6.07, 6.45) is 0.157. The highest BCUT2D eigenvalue weighted by Gasteiger charge is 2.54. The van der Waals surface area contributed by atoms with E-state index in [1.165, 1.54) is 23.6 Å². The maximum absolute atomic E-state index is 12.5. The summed E-state index contributed by atoms with van der Waals surface area (Å²) in [5.74, 6) is -1.26. The van der Waals surface area contributed by atoms with Crippen molar-refractivity contribution in [3.8, 4) is 0 Å². The lowest BCUT2D eigenvalue weighted by Crippen LogP contribution is -2.70. The summed E-state index contributed by atoms with van der Waals surface area (Å²) in [7, 11) is 0. The number of carboxylic acid groups (broad SMARTS) is 1. The molecule has 1 unspecified atom stereocenters. The van der Waals surface area contributed by atoms with E-state index in [1.54, 1.807) is 0 Å². The molecule has 1 aromatic rings. The molecule has 0 bridgehead atoms. The molecule has 0 aliphatic carbocycles. The van der Waals surface area contributed by atoms with Crippen molar-refractivity contribution in [3.63, 3.8) is 0 Å². The minimum Gasteiger partial charge on any atom is -0.477 e. The van der Waals surface area contributed by atoms with E-state index in [9.17, 15) is 24.3 Å². The molecule has 0 aromatic heterocycles. The van der Waals surface area contributed by atoms with Gasteiger partial charge in [0, 0.05) is 18.4 Å². The Morgan fingerprint density at radius 1 is 1.30 bits per heavy atom. The highest BCUT2D eigenvalue weighted by atomic mass is 32.2. The van der Waals surface area contributed by atoms with E-state index in [4.69, 9.17) is 0 Å². The fourth-order valence-corrected chi connectivity index (χ4v) is 5.08. The minimum absolute atomic E-state index is 0.0638. The van der Waals surface area contributed by atoms with Crippen molar-refractivity contribution < 1.29 is 24.3 Å². The van der Waals surface area contributed by atoms with Gasteiger partial charge < -0.3 is 10.4 Å². The Kier molecular flexibility index (Phi) is 5.91. The van der Waals surface area contributed by atoms with Gasteiger partial charge in [-0.05, 0) is 11.1 Å². The zero-order valence-corrected chi connectivity index (χ0v) is 16.1. The van der Waals surface area contributed by atoms with Crippen molar-refractivity contribution in [1.29, 1.82) is 0 Å². The molecule has 0 saturated carbocycles. The third-order valence-electron chi connectivity index (χ3n) is 4.22. The fraction of sp³-hybridized carbons (Fsp3) is 0.333. The van der Waals surface area contributed by atoms with Gasteiger partial charge >= 0.3 is 5.97 Å². The number of carbonyl (C=O) groups excluding carboxylic acids is 3. The second-order valence-electron chi connectivity index (χ2n) is 6.15. The van der Waals surface area contributed by atoms with Crippen molar-refractivity contribution >= 4 is 46.4 Å². The monoisotopic (exact) mass is 406 g/mol. The van der Waals surface area contributed by atoms with E-state index >= 15 is 0 Å². The van der Waals surface area contributed by atoms with Gasteiger partial charge in [0.05, 0.1) is 6.42 Å². The van der Waals surface area contributed by atoms with Crippen LogP contribution < -0.4 is 5.32 Å². The predicted octanol–water partition coefficient (Wildman–Crippen LogP) is 1.25. The van der Waals surface area contributed by atoms with Crippen molar-refractivity contribution in [2.24, 2.45) is 0 Å². The average molecular weight is 406 g/mol. The van der Waals surface area contributed by atoms with Crippen LogP contribution in [0, 0.1) is 0 Å². The van der Waals surface area contributed by atoms with Crippen LogP contribution in [0.1, 0.15) is 12.5 Å². The van der Waals surface area contributed by atoms with Gasteiger partial charge in [0.2, 0.25) is 5.91 Å². The van der Waals surface area contributed by atoms with Crippen LogP contribution in [0.15, 0.2) is 41.6 Å². The first-order valence-electron chi connectivity index (χ1n) is 8.25. The van der Waals surface area contributed by atoms with E-state index in [0.29, 0.717) is 11.3 Å². The van der Waals surface area contributed by atoms with Crippen LogP contribution in [0.5, 0.6) is 0 Å². The van der Waals surface area contributed by atoms with Crippen LogP contribution in [0.2, 0.25) is 0 Å². The van der Waals surface area contributed by atoms with Crippen molar-refractivity contribution in [2.75, 3.05) is 11.5 Å². The Bertz CT molecular complexity index is 824. The minimum atomic E-state index is -1.19. The maximum Gasteiger partial charge on any atom is 0.352 e. The lowest BCUT2D eigenvalue weighted by Gasteiger charge is -2.49. The second kappa shape index (κ2) is 8.18. The third kappa shape index (κ3) is 4.19. The number of nitrogens with zero attached hydrogens (tertiary/aromatic N) is 1. The quantitative estimate of drug-likeness (QED) is 0.685. The molecule has 2 N–H and O–H groups in total. The van der Waals surface area contributed by atoms with Crippen LogP contribution >= 0.6 is 23.5 Å². The fourth-order valence-electron chi connectivity index (χ4n) is 2.99. The summed E-state index contributed by atoms with van der Waals surface area (Å²) < 4.78 is 0. The first kappa shape index (κ1) is 19.5. The topological polar surface area (TPSA) is 104 Å². The number of fused-ring (bicyclic) bond motifs is 1. The highest BCUT2D eigenvalue weighted by Crippen LogP contribution is 2.41. The predicted molar refractivity (Wildman–Crippen MR) is 103 cm³/mol. The number of nitrogens with one attached hydrogen (secondary N) is 1. The second-order valence-corrected chi connectivity index (χ2v) is 8.41. The largest absolute Gasteiger partial charge is 0.477 e. The van der Waals surface area contributed by atoms with Gasteiger partial charge in [0.25, 0.3) is 5.91 Å². The van der Waals surface area contributed by atoms with E-state index in [0.717, 1.165) is 17.3 Å². The molecule has 1 fully saturated rings. The Labute approximate surface area is 164 Å². The smallest absolute Gasteiger partial charge is 0.352 e. The first-order chi connectivity index (χ1) is 12.9. The molecule has 2 aliphatic heterocycles. The molecule has 0 spiro atoms. The zero-order valence-electron chi connectivity index (χ0n) is 14.5. The van der Waals surface area contributed by atoms with Crippen molar-refractivity contribution in [1.82, 2.24) is 10.2 Å². The van der Waals surface area contributed by atoms with E-state index < -0.39 is 23.3 Å². The zero-order chi connectivity index (χ0) is 19.6. The Morgan fingerprint density at radius 2 is 2.00 bits per heavy atom. The van der Waals surface area contributed by atoms with Crippen LogP contribution in [0.3, 0.4) is 0 Å². The molecule has 1 aromatic carbocycles. The lowest BCUT2D eigenvalue weighted by molar-refractivity contribution is -0.150. The van der Waals surface area contributed by atoms with Gasteiger partial charge in [-0.1, -0.05) is 42.1 Å². The number of benzene rings is 1. The molecule has 2 atom stereocenters. The summed E-state index contributed by atoms with van der Waals surface area (Å²) in [5, 5.41) is 11.7. The van der Waals surface area contributed by atoms with Gasteiger partial charge in [-0.2, -0.15) is 0 Å². The first-order valence-corrected chi connectivity index (χ1v) is 10.3. The Morgan fingerprint density at radius 3 is 2.63 bits per heavy atom. The summed E-state index contributed by atoms with van der Waals surface area (Å²) in [6, 6.07) is 8.44. The molecule has 7 nitrogen and oxygen atoms in total. The number of hydrogen-bond acceptors (Lipinski definition) is 6. The summed E-state index contributed by atoms with van der Waals surface area (Å²) in [6.45, 7) is 1.41. The normalized spacial score (nSPS) is 21.4. The van der Waals surface area contributed by atoms with E-state index in [1.807, 2.05) is 30.3 Å². The summed E-state index contributed by atoms with van der Waals surface area (Å²) in [4.78, 5) is 48.8. The van der Waals surface area contributed by atoms with Crippen LogP contribution in [-0.4, -0.2) is 55.8 Å². The molecule has 2 amide bonds. The van der Waals surface area contributed by atoms with Gasteiger partial charge in [0.1, 0.15) is 17.1 Å². The standard InChI is InChI=1S/C18H18N2O5S2/c1-10(21)26-8-12-9-27-17-14(16(23)20(17)15(12)18(24)25)19-13(22)7-11-5-3-2-4-6-11/h2-6,14,17H,7-9H2,1H3,(H,19,22)(H,24,25)/t14?,17-/m1/s1. The Hall–Kier alpha value is -2.26. The SMILES string of the molecule is CC(=O)SCC1=C(C(=O)O)N2C(=O)C(NC(=O)Cc3ccccc3)[C@H]2SC1. The molecule has 142 valence electrons. The number of β-lactam (4-membered cyclic amide) rings is 1. The maximum atomic E-state index is 12.5. The lowest BCUT2D eigenvalue weighted by atomic mass is 10.0. The molecule has 3 rings (SSSR count). The molecular weight excluding hydrogens is 388 g/mol. The summed E-state index contributed by atoms with van der Waals surface area (Å²) >= 11 is 2.42. The number of thioether (sulfide) groups is 2. The number of carboxylic acids is 1. The Balaban J connectivity index is 1.68. The van der Waals surface area contributed by atoms with Gasteiger partial charge in [-0.25, -0.2) is 4.79 Å². The number of carbonyl (C=O) groups is 4. The molecule has 1 saturated heterocycles. The molecular formula is C18H18N2O5S2. The molecule has 0 radical (unpaired) electrons.